The minimum absolute atomic E-state index is 0.388. The summed E-state index contributed by atoms with van der Waals surface area (Å²) >= 11 is 0. The minimum Gasteiger partial charge on any atom is -0.396 e. The fourth-order valence-electron chi connectivity index (χ4n) is 1.68. The van der Waals surface area contributed by atoms with Gasteiger partial charge in [-0.2, -0.15) is 0 Å². The van der Waals surface area contributed by atoms with Crippen molar-refractivity contribution in [1.82, 2.24) is 0 Å². The van der Waals surface area contributed by atoms with E-state index in [2.05, 4.69) is 5.32 Å². The first-order valence-electron chi connectivity index (χ1n) is 5.13. The highest BCUT2D eigenvalue weighted by molar-refractivity contribution is 6.00. The zero-order chi connectivity index (χ0) is 10.8. The van der Waals surface area contributed by atoms with Gasteiger partial charge in [-0.1, -0.05) is 6.07 Å². The average Bonchev–Trinajstić information content (AvgIpc) is 2.13. The highest BCUT2D eigenvalue weighted by atomic mass is 16.1. The van der Waals surface area contributed by atoms with E-state index < -0.39 is 5.91 Å². The largest absolute Gasteiger partial charge is 0.396 e. The molecule has 0 radical (unpaired) electrons. The van der Waals surface area contributed by atoms with E-state index in [1.807, 2.05) is 6.07 Å². The number of para-hydroxylation sites is 1. The predicted octanol–water partition coefficient (Wildman–Crippen LogP) is 1.33. The van der Waals surface area contributed by atoms with Crippen LogP contribution in [0.2, 0.25) is 0 Å². The number of amides is 1. The number of nitrogen functional groups attached to an aromatic ring is 1. The molecule has 4 heteroatoms. The molecule has 1 aromatic carbocycles. The van der Waals surface area contributed by atoms with E-state index in [1.54, 1.807) is 12.1 Å². The molecule has 5 N–H and O–H groups in total. The molecule has 0 aromatic heterocycles. The standard InChI is InChI=1S/C11H15N3O/c12-10-8(11(13)15)5-2-6-9(10)14-7-3-1-4-7/h2,5-7,14H,1,3-4,12H2,(H2,13,15). The van der Waals surface area contributed by atoms with Gasteiger partial charge in [0, 0.05) is 6.04 Å². The van der Waals surface area contributed by atoms with Crippen LogP contribution in [-0.2, 0) is 0 Å². The summed E-state index contributed by atoms with van der Waals surface area (Å²) in [7, 11) is 0. The number of nitrogens with one attached hydrogen (secondary N) is 1. The molecule has 1 aliphatic rings. The Morgan fingerprint density at radius 2 is 2.13 bits per heavy atom. The van der Waals surface area contributed by atoms with Gasteiger partial charge in [0.25, 0.3) is 5.91 Å². The molecule has 1 aromatic rings. The van der Waals surface area contributed by atoms with Crippen molar-refractivity contribution in [2.45, 2.75) is 25.3 Å². The third kappa shape index (κ3) is 1.88. The van der Waals surface area contributed by atoms with Gasteiger partial charge in [0.2, 0.25) is 0 Å². The number of hydrogen-bond acceptors (Lipinski definition) is 3. The summed E-state index contributed by atoms with van der Waals surface area (Å²) in [6.45, 7) is 0. The van der Waals surface area contributed by atoms with Gasteiger partial charge in [-0.25, -0.2) is 0 Å². The van der Waals surface area contributed by atoms with Crippen LogP contribution in [0, 0.1) is 0 Å². The predicted molar refractivity (Wildman–Crippen MR) is 60.6 cm³/mol. The highest BCUT2D eigenvalue weighted by Crippen LogP contribution is 2.28. The number of benzene rings is 1. The van der Waals surface area contributed by atoms with Crippen LogP contribution in [0.25, 0.3) is 0 Å². The number of carbonyl (C=O) groups is 1. The Kier molecular flexibility index (Phi) is 2.49. The molecule has 0 aliphatic heterocycles. The maximum Gasteiger partial charge on any atom is 0.250 e. The molecule has 0 saturated heterocycles. The lowest BCUT2D eigenvalue weighted by Gasteiger charge is -2.28. The maximum absolute atomic E-state index is 11.1. The van der Waals surface area contributed by atoms with Crippen molar-refractivity contribution < 1.29 is 4.79 Å². The van der Waals surface area contributed by atoms with Crippen LogP contribution in [0.15, 0.2) is 18.2 Å². The van der Waals surface area contributed by atoms with Gasteiger partial charge in [0.15, 0.2) is 0 Å². The van der Waals surface area contributed by atoms with Crippen molar-refractivity contribution in [3.63, 3.8) is 0 Å². The van der Waals surface area contributed by atoms with Crippen molar-refractivity contribution in [3.8, 4) is 0 Å². The van der Waals surface area contributed by atoms with Crippen LogP contribution < -0.4 is 16.8 Å². The summed E-state index contributed by atoms with van der Waals surface area (Å²) in [6.07, 6.45) is 3.59. The van der Waals surface area contributed by atoms with E-state index in [1.165, 1.54) is 19.3 Å². The summed E-state index contributed by atoms with van der Waals surface area (Å²) in [5.74, 6) is -0.482. The summed E-state index contributed by atoms with van der Waals surface area (Å²) in [4.78, 5) is 11.1. The molecule has 1 saturated carbocycles. The molecule has 0 heterocycles. The average molecular weight is 205 g/mol. The number of primary amides is 1. The molecule has 1 aliphatic carbocycles. The Hall–Kier alpha value is -1.71. The maximum atomic E-state index is 11.1. The monoisotopic (exact) mass is 205 g/mol. The molecule has 2 rings (SSSR count). The van der Waals surface area contributed by atoms with Crippen LogP contribution in [0.3, 0.4) is 0 Å². The Balaban J connectivity index is 2.22. The van der Waals surface area contributed by atoms with E-state index in [4.69, 9.17) is 11.5 Å². The smallest absolute Gasteiger partial charge is 0.250 e. The van der Waals surface area contributed by atoms with E-state index in [0.29, 0.717) is 17.3 Å². The molecule has 0 spiro atoms. The van der Waals surface area contributed by atoms with Gasteiger partial charge in [-0.15, -0.1) is 0 Å². The van der Waals surface area contributed by atoms with E-state index in [9.17, 15) is 4.79 Å². The van der Waals surface area contributed by atoms with Gasteiger partial charge >= 0.3 is 0 Å². The number of hydrogen-bond donors (Lipinski definition) is 3. The summed E-state index contributed by atoms with van der Waals surface area (Å²) < 4.78 is 0. The van der Waals surface area contributed by atoms with Crippen LogP contribution in [0.4, 0.5) is 11.4 Å². The lowest BCUT2D eigenvalue weighted by molar-refractivity contribution is 0.100. The van der Waals surface area contributed by atoms with E-state index in [0.717, 1.165) is 5.69 Å². The summed E-state index contributed by atoms with van der Waals surface area (Å²) in [5.41, 5.74) is 12.7. The Labute approximate surface area is 88.6 Å². The lowest BCUT2D eigenvalue weighted by Crippen LogP contribution is -2.27. The Bertz CT molecular complexity index is 385. The van der Waals surface area contributed by atoms with Crippen molar-refractivity contribution in [3.05, 3.63) is 23.8 Å². The van der Waals surface area contributed by atoms with E-state index >= 15 is 0 Å². The van der Waals surface area contributed by atoms with Crippen molar-refractivity contribution >= 4 is 17.3 Å². The molecule has 80 valence electrons. The highest BCUT2D eigenvalue weighted by Gasteiger charge is 2.18. The molecule has 1 fully saturated rings. The molecule has 0 atom stereocenters. The SMILES string of the molecule is NC(=O)c1cccc(NC2CCC2)c1N. The fraction of sp³-hybridized carbons (Fsp3) is 0.364. The van der Waals surface area contributed by atoms with Crippen LogP contribution in [0.1, 0.15) is 29.6 Å². The topological polar surface area (TPSA) is 81.1 Å². The van der Waals surface area contributed by atoms with Gasteiger partial charge in [0.1, 0.15) is 0 Å². The second kappa shape index (κ2) is 3.81. The third-order valence-corrected chi connectivity index (χ3v) is 2.84. The Morgan fingerprint density at radius 1 is 1.40 bits per heavy atom. The number of carbonyl (C=O) groups excluding carboxylic acids is 1. The van der Waals surface area contributed by atoms with Crippen LogP contribution in [-0.4, -0.2) is 11.9 Å². The molecule has 1 amide bonds. The zero-order valence-corrected chi connectivity index (χ0v) is 8.49. The first kappa shape index (κ1) is 9.83. The number of rotatable bonds is 3. The van der Waals surface area contributed by atoms with Gasteiger partial charge in [-0.3, -0.25) is 4.79 Å². The van der Waals surface area contributed by atoms with Crippen molar-refractivity contribution in [2.24, 2.45) is 5.73 Å². The zero-order valence-electron chi connectivity index (χ0n) is 8.49. The summed E-state index contributed by atoms with van der Waals surface area (Å²) in [6, 6.07) is 5.80. The molecule has 0 unspecified atom stereocenters. The van der Waals surface area contributed by atoms with E-state index in [-0.39, 0.29) is 0 Å². The normalized spacial score (nSPS) is 15.7. The van der Waals surface area contributed by atoms with Gasteiger partial charge < -0.3 is 16.8 Å². The first-order chi connectivity index (χ1) is 7.18. The van der Waals surface area contributed by atoms with Crippen LogP contribution in [0.5, 0.6) is 0 Å². The van der Waals surface area contributed by atoms with Crippen molar-refractivity contribution in [2.75, 3.05) is 11.1 Å². The first-order valence-corrected chi connectivity index (χ1v) is 5.13. The fourth-order valence-corrected chi connectivity index (χ4v) is 1.68. The Morgan fingerprint density at radius 3 is 2.67 bits per heavy atom. The second-order valence-corrected chi connectivity index (χ2v) is 3.90. The lowest BCUT2D eigenvalue weighted by atomic mass is 9.92. The number of anilines is 2. The summed E-state index contributed by atoms with van der Waals surface area (Å²) in [5, 5.41) is 3.31. The minimum atomic E-state index is -0.482. The van der Waals surface area contributed by atoms with Gasteiger partial charge in [-0.05, 0) is 31.4 Å². The second-order valence-electron chi connectivity index (χ2n) is 3.90. The quantitative estimate of drug-likeness (QED) is 0.651. The van der Waals surface area contributed by atoms with Crippen LogP contribution >= 0.6 is 0 Å². The molecule has 15 heavy (non-hydrogen) atoms. The number of nitrogens with two attached hydrogens (primary N) is 2. The van der Waals surface area contributed by atoms with Crippen molar-refractivity contribution in [1.29, 1.82) is 0 Å². The molecular weight excluding hydrogens is 190 g/mol. The molecular formula is C11H15N3O. The third-order valence-electron chi connectivity index (χ3n) is 2.84. The molecule has 0 bridgehead atoms. The molecule has 4 nitrogen and oxygen atoms in total. The van der Waals surface area contributed by atoms with Gasteiger partial charge in [0.05, 0.1) is 16.9 Å².